The summed E-state index contributed by atoms with van der Waals surface area (Å²) in [7, 11) is 0. The van der Waals surface area contributed by atoms with Crippen LogP contribution in [0.2, 0.25) is 0 Å². The van der Waals surface area contributed by atoms with Gasteiger partial charge in [-0.25, -0.2) is 9.59 Å². The van der Waals surface area contributed by atoms with Gasteiger partial charge in [0.15, 0.2) is 11.4 Å². The van der Waals surface area contributed by atoms with Gasteiger partial charge < -0.3 is 19.5 Å². The average molecular weight is 538 g/mol. The monoisotopic (exact) mass is 537 g/mol. The van der Waals surface area contributed by atoms with E-state index in [0.29, 0.717) is 35.9 Å². The first kappa shape index (κ1) is 27.1. The number of aromatic carboxylic acids is 1. The molecule has 1 heterocycles. The minimum absolute atomic E-state index is 0.127. The number of ketones is 1. The Morgan fingerprint density at radius 1 is 0.950 bits per heavy atom. The Morgan fingerprint density at radius 3 is 2.35 bits per heavy atom. The van der Waals surface area contributed by atoms with Crippen LogP contribution in [-0.2, 0) is 29.1 Å². The number of ether oxygens (including phenoxy) is 1. The minimum Gasteiger partial charge on any atom is -0.479 e. The molecule has 0 bridgehead atoms. The molecule has 0 atom stereocenters. The Balaban J connectivity index is 1.37. The highest BCUT2D eigenvalue weighted by atomic mass is 16.5. The zero-order valence-corrected chi connectivity index (χ0v) is 22.3. The van der Waals surface area contributed by atoms with E-state index in [1.807, 2.05) is 65.3 Å². The Morgan fingerprint density at radius 2 is 1.70 bits per heavy atom. The number of carboxylic acids is 2. The number of nitrogens with zero attached hydrogens (tertiary/aromatic N) is 1. The van der Waals surface area contributed by atoms with Crippen molar-refractivity contribution in [1.82, 2.24) is 4.57 Å². The second-order valence-corrected chi connectivity index (χ2v) is 10.2. The lowest BCUT2D eigenvalue weighted by atomic mass is 9.80. The molecule has 0 radical (unpaired) electrons. The summed E-state index contributed by atoms with van der Waals surface area (Å²) >= 11 is 0. The largest absolute Gasteiger partial charge is 0.479 e. The van der Waals surface area contributed by atoms with Crippen molar-refractivity contribution in [3.8, 4) is 0 Å². The summed E-state index contributed by atoms with van der Waals surface area (Å²) in [6.45, 7) is 2.75. The molecule has 204 valence electrons. The van der Waals surface area contributed by atoms with Gasteiger partial charge >= 0.3 is 11.9 Å². The van der Waals surface area contributed by atoms with Gasteiger partial charge in [0.1, 0.15) is 0 Å². The lowest BCUT2D eigenvalue weighted by Gasteiger charge is -2.37. The zero-order valence-electron chi connectivity index (χ0n) is 22.3. The highest BCUT2D eigenvalue weighted by Crippen LogP contribution is 2.36. The quantitative estimate of drug-likeness (QED) is 0.215. The van der Waals surface area contributed by atoms with Crippen LogP contribution in [0.4, 0.5) is 0 Å². The molecule has 2 N–H and O–H groups in total. The van der Waals surface area contributed by atoms with Crippen molar-refractivity contribution in [2.45, 2.75) is 51.4 Å². The molecule has 7 heteroatoms. The van der Waals surface area contributed by atoms with Crippen molar-refractivity contribution >= 4 is 34.7 Å². The normalized spacial score (nSPS) is 14.3. The molecular formula is C33H31NO6. The van der Waals surface area contributed by atoms with Crippen molar-refractivity contribution < 1.29 is 29.3 Å². The molecule has 1 saturated carbocycles. The van der Waals surface area contributed by atoms with E-state index >= 15 is 0 Å². The summed E-state index contributed by atoms with van der Waals surface area (Å²) < 4.78 is 7.73. The van der Waals surface area contributed by atoms with E-state index in [4.69, 9.17) is 4.74 Å². The SMILES string of the molecule is CCc1ccc(C(=O)c2cn(CC=Cc3cccc(COC4(C(=O)O)CCC4)c3)c3ccc(C(=O)O)cc23)cc1. The van der Waals surface area contributed by atoms with Gasteiger partial charge in [-0.2, -0.15) is 0 Å². The number of allylic oxidation sites excluding steroid dienone is 1. The fourth-order valence-electron chi connectivity index (χ4n) is 5.04. The number of hydrogen-bond acceptors (Lipinski definition) is 4. The van der Waals surface area contributed by atoms with Gasteiger partial charge in [0.2, 0.25) is 0 Å². The molecule has 0 amide bonds. The van der Waals surface area contributed by atoms with Crippen LogP contribution in [0, 0.1) is 0 Å². The van der Waals surface area contributed by atoms with Crippen molar-refractivity contribution in [3.63, 3.8) is 0 Å². The van der Waals surface area contributed by atoms with E-state index in [-0.39, 0.29) is 18.0 Å². The Labute approximate surface area is 232 Å². The summed E-state index contributed by atoms with van der Waals surface area (Å²) in [5.74, 6) is -2.10. The molecule has 40 heavy (non-hydrogen) atoms. The van der Waals surface area contributed by atoms with Crippen LogP contribution in [0.5, 0.6) is 0 Å². The van der Waals surface area contributed by atoms with E-state index in [2.05, 4.69) is 6.92 Å². The third-order valence-electron chi connectivity index (χ3n) is 7.63. The average Bonchev–Trinajstić information content (AvgIpc) is 3.30. The molecule has 1 fully saturated rings. The van der Waals surface area contributed by atoms with Gasteiger partial charge in [0.25, 0.3) is 0 Å². The maximum atomic E-state index is 13.5. The fourth-order valence-corrected chi connectivity index (χ4v) is 5.04. The number of hydrogen-bond donors (Lipinski definition) is 2. The number of aryl methyl sites for hydroxylation is 1. The van der Waals surface area contributed by atoms with Crippen molar-refractivity contribution in [1.29, 1.82) is 0 Å². The van der Waals surface area contributed by atoms with Gasteiger partial charge in [0.05, 0.1) is 12.2 Å². The Bertz CT molecular complexity index is 1610. The lowest BCUT2D eigenvalue weighted by molar-refractivity contribution is -0.181. The van der Waals surface area contributed by atoms with Crippen molar-refractivity contribution in [2.24, 2.45) is 0 Å². The molecule has 0 unspecified atom stereocenters. The summed E-state index contributed by atoms with van der Waals surface area (Å²) in [4.78, 5) is 36.7. The van der Waals surface area contributed by atoms with Gasteiger partial charge in [-0.05, 0) is 66.6 Å². The number of rotatable bonds is 11. The topological polar surface area (TPSA) is 106 Å². The lowest BCUT2D eigenvalue weighted by Crippen LogP contribution is -2.47. The Hall–Kier alpha value is -4.49. The van der Waals surface area contributed by atoms with E-state index in [0.717, 1.165) is 35.0 Å². The maximum absolute atomic E-state index is 13.5. The predicted molar refractivity (Wildman–Crippen MR) is 153 cm³/mol. The number of benzene rings is 3. The van der Waals surface area contributed by atoms with Crippen molar-refractivity contribution in [3.05, 3.63) is 112 Å². The third-order valence-corrected chi connectivity index (χ3v) is 7.63. The van der Waals surface area contributed by atoms with Crippen LogP contribution in [0.1, 0.15) is 69.2 Å². The van der Waals surface area contributed by atoms with Crippen molar-refractivity contribution in [2.75, 3.05) is 0 Å². The second kappa shape index (κ2) is 11.3. The van der Waals surface area contributed by atoms with Crippen LogP contribution < -0.4 is 0 Å². The summed E-state index contributed by atoms with van der Waals surface area (Å²) in [6.07, 6.45) is 8.53. The van der Waals surface area contributed by atoms with Crippen LogP contribution >= 0.6 is 0 Å². The van der Waals surface area contributed by atoms with Gasteiger partial charge in [-0.3, -0.25) is 4.79 Å². The molecule has 1 aliphatic rings. The highest BCUT2D eigenvalue weighted by Gasteiger charge is 2.45. The van der Waals surface area contributed by atoms with Crippen LogP contribution in [0.3, 0.4) is 0 Å². The van der Waals surface area contributed by atoms with Gasteiger partial charge in [0, 0.05) is 34.8 Å². The van der Waals surface area contributed by atoms with Crippen LogP contribution in [0.15, 0.2) is 79.0 Å². The molecule has 4 aromatic rings. The maximum Gasteiger partial charge on any atom is 0.335 e. The molecule has 0 aliphatic heterocycles. The predicted octanol–water partition coefficient (Wildman–Crippen LogP) is 6.37. The van der Waals surface area contributed by atoms with E-state index in [1.165, 1.54) is 0 Å². The summed E-state index contributed by atoms with van der Waals surface area (Å²) in [5.41, 5.74) is 3.82. The number of aliphatic carboxylic acids is 1. The first-order valence-corrected chi connectivity index (χ1v) is 13.4. The van der Waals surface area contributed by atoms with Gasteiger partial charge in [-0.1, -0.05) is 61.5 Å². The molecular weight excluding hydrogens is 506 g/mol. The van der Waals surface area contributed by atoms with E-state index in [9.17, 15) is 24.6 Å². The summed E-state index contributed by atoms with van der Waals surface area (Å²) in [5, 5.41) is 19.6. The van der Waals surface area contributed by atoms with Crippen LogP contribution in [0.25, 0.3) is 17.0 Å². The Kier molecular flexibility index (Phi) is 7.67. The first-order valence-electron chi connectivity index (χ1n) is 13.4. The van der Waals surface area contributed by atoms with Crippen LogP contribution in [-0.4, -0.2) is 38.1 Å². The molecule has 0 spiro atoms. The molecule has 1 aliphatic carbocycles. The molecule has 0 saturated heterocycles. The number of aromatic nitrogens is 1. The summed E-state index contributed by atoms with van der Waals surface area (Å²) in [6, 6.07) is 20.1. The first-order chi connectivity index (χ1) is 19.3. The number of carbonyl (C=O) groups is 3. The third kappa shape index (κ3) is 5.46. The number of fused-ring (bicyclic) bond motifs is 1. The molecule has 7 nitrogen and oxygen atoms in total. The van der Waals surface area contributed by atoms with Gasteiger partial charge in [-0.15, -0.1) is 0 Å². The smallest absolute Gasteiger partial charge is 0.335 e. The van der Waals surface area contributed by atoms with E-state index < -0.39 is 17.5 Å². The zero-order chi connectivity index (χ0) is 28.3. The standard InChI is InChI=1S/C33H31NO6/c1-2-22-9-11-25(12-10-22)30(35)28-20-34(29-14-13-26(31(36)37)19-27(28)29)17-4-8-23-6-3-7-24(18-23)21-40-33(32(38)39)15-5-16-33/h3-4,6-14,18-20H,2,5,15-17,21H2,1H3,(H,36,37)(H,38,39). The minimum atomic E-state index is -1.06. The fraction of sp³-hybridized carbons (Fsp3) is 0.242. The number of carboxylic acid groups (broad SMARTS) is 2. The molecule has 3 aromatic carbocycles. The second-order valence-electron chi connectivity index (χ2n) is 10.2. The number of carbonyl (C=O) groups excluding carboxylic acids is 1. The van der Waals surface area contributed by atoms with E-state index in [1.54, 1.807) is 24.4 Å². The molecule has 5 rings (SSSR count). The molecule has 1 aromatic heterocycles. The highest BCUT2D eigenvalue weighted by molar-refractivity contribution is 6.17.